The maximum absolute atomic E-state index is 8.33. The molecule has 0 atom stereocenters. The molecule has 1 aromatic heterocycles. The standard InChI is InChI=1S/C51H37NO/c1-51(2)47-14-8-6-12-43(47)44-30-29-42(33-48(44)51)52(40-25-20-36(21-26-40)34-10-4-3-5-11-34)41-27-22-37(23-28-41)35-16-18-38(19-17-35)39-24-31-50-46(32-39)45-13-7-9-15-49(45)53-50/h3-33H,1-2H3/i7D,8D. The maximum Gasteiger partial charge on any atom is 0.135 e. The molecule has 2 heteroatoms. The summed E-state index contributed by atoms with van der Waals surface area (Å²) in [5.41, 5.74) is 16.5. The average molecular weight is 682 g/mol. The summed E-state index contributed by atoms with van der Waals surface area (Å²) in [7, 11) is 0. The number of hydrogen-bond acceptors (Lipinski definition) is 2. The van der Waals surface area contributed by atoms with Gasteiger partial charge in [-0.15, -0.1) is 0 Å². The molecule has 0 aliphatic heterocycles. The van der Waals surface area contributed by atoms with Crippen LogP contribution in [0.25, 0.3) is 66.4 Å². The van der Waals surface area contributed by atoms with E-state index in [9.17, 15) is 0 Å². The molecule has 8 aromatic carbocycles. The highest BCUT2D eigenvalue weighted by molar-refractivity contribution is 6.06. The first-order chi connectivity index (χ1) is 26.8. The monoisotopic (exact) mass is 681 g/mol. The van der Waals surface area contributed by atoms with Gasteiger partial charge in [0.15, 0.2) is 0 Å². The van der Waals surface area contributed by atoms with Crippen LogP contribution in [0, 0.1) is 0 Å². The zero-order valence-electron chi connectivity index (χ0n) is 31.6. The lowest BCUT2D eigenvalue weighted by Crippen LogP contribution is -2.16. The summed E-state index contributed by atoms with van der Waals surface area (Å²) in [5, 5.41) is 2.00. The minimum absolute atomic E-state index is 0.222. The van der Waals surface area contributed by atoms with Gasteiger partial charge >= 0.3 is 0 Å². The first-order valence-electron chi connectivity index (χ1n) is 19.2. The van der Waals surface area contributed by atoms with Crippen LogP contribution in [0.3, 0.4) is 0 Å². The third kappa shape index (κ3) is 5.26. The van der Waals surface area contributed by atoms with Gasteiger partial charge in [-0.05, 0) is 110 Å². The predicted octanol–water partition coefficient (Wildman–Crippen LogP) is 14.4. The number of nitrogens with zero attached hydrogens (tertiary/aromatic N) is 1. The Morgan fingerprint density at radius 3 is 1.64 bits per heavy atom. The minimum atomic E-state index is -0.222. The molecule has 252 valence electrons. The zero-order valence-corrected chi connectivity index (χ0v) is 29.6. The lowest BCUT2D eigenvalue weighted by Gasteiger charge is -2.28. The molecule has 53 heavy (non-hydrogen) atoms. The van der Waals surface area contributed by atoms with Crippen molar-refractivity contribution in [3.63, 3.8) is 0 Å². The van der Waals surface area contributed by atoms with Crippen molar-refractivity contribution < 1.29 is 7.16 Å². The van der Waals surface area contributed by atoms with E-state index in [0.717, 1.165) is 61.3 Å². The van der Waals surface area contributed by atoms with E-state index < -0.39 is 0 Å². The molecule has 0 fully saturated rings. The highest BCUT2D eigenvalue weighted by Crippen LogP contribution is 2.50. The van der Waals surface area contributed by atoms with Gasteiger partial charge in [-0.1, -0.05) is 147 Å². The molecule has 0 bridgehead atoms. The van der Waals surface area contributed by atoms with Crippen molar-refractivity contribution >= 4 is 39.0 Å². The fraction of sp³-hybridized carbons (Fsp3) is 0.0588. The highest BCUT2D eigenvalue weighted by Gasteiger charge is 2.35. The largest absolute Gasteiger partial charge is 0.456 e. The molecule has 0 spiro atoms. The van der Waals surface area contributed by atoms with Gasteiger partial charge in [0, 0.05) is 33.2 Å². The van der Waals surface area contributed by atoms with Crippen LogP contribution in [-0.2, 0) is 5.41 Å². The Hall–Kier alpha value is -6.64. The van der Waals surface area contributed by atoms with Crippen LogP contribution >= 0.6 is 0 Å². The number of furan rings is 1. The van der Waals surface area contributed by atoms with E-state index in [0.29, 0.717) is 12.1 Å². The van der Waals surface area contributed by atoms with Crippen molar-refractivity contribution in [2.45, 2.75) is 19.3 Å². The van der Waals surface area contributed by atoms with Crippen LogP contribution in [0.15, 0.2) is 192 Å². The van der Waals surface area contributed by atoms with Gasteiger partial charge in [-0.2, -0.15) is 0 Å². The second-order valence-electron chi connectivity index (χ2n) is 14.4. The summed E-state index contributed by atoms with van der Waals surface area (Å²) in [4.78, 5) is 2.34. The zero-order chi connectivity index (χ0) is 37.3. The van der Waals surface area contributed by atoms with Gasteiger partial charge in [0.25, 0.3) is 0 Å². The third-order valence-electron chi connectivity index (χ3n) is 11.0. The highest BCUT2D eigenvalue weighted by atomic mass is 16.3. The predicted molar refractivity (Wildman–Crippen MR) is 222 cm³/mol. The molecule has 10 rings (SSSR count). The fourth-order valence-electron chi connectivity index (χ4n) is 8.13. The molecule has 1 aliphatic rings. The first-order valence-corrected chi connectivity index (χ1v) is 18.2. The van der Waals surface area contributed by atoms with Gasteiger partial charge in [-0.3, -0.25) is 0 Å². The van der Waals surface area contributed by atoms with E-state index in [-0.39, 0.29) is 5.41 Å². The third-order valence-corrected chi connectivity index (χ3v) is 11.0. The van der Waals surface area contributed by atoms with Crippen LogP contribution in [0.5, 0.6) is 0 Å². The average Bonchev–Trinajstić information content (AvgIpc) is 3.69. The van der Waals surface area contributed by atoms with Gasteiger partial charge in [0.2, 0.25) is 0 Å². The lowest BCUT2D eigenvalue weighted by atomic mass is 9.82. The molecule has 9 aromatic rings. The normalized spacial score (nSPS) is 13.4. The minimum Gasteiger partial charge on any atom is -0.456 e. The van der Waals surface area contributed by atoms with Crippen LogP contribution in [-0.4, -0.2) is 0 Å². The Kier molecular flexibility index (Phi) is 6.70. The Labute approximate surface area is 313 Å². The van der Waals surface area contributed by atoms with E-state index in [1.165, 1.54) is 33.4 Å². The van der Waals surface area contributed by atoms with Crippen LogP contribution in [0.1, 0.15) is 27.7 Å². The van der Waals surface area contributed by atoms with E-state index in [2.05, 4.69) is 158 Å². The molecule has 0 saturated heterocycles. The van der Waals surface area contributed by atoms with Crippen molar-refractivity contribution in [1.82, 2.24) is 0 Å². The van der Waals surface area contributed by atoms with Crippen molar-refractivity contribution in [2.24, 2.45) is 0 Å². The SMILES string of the molecule is [2H]c1ccc2c(c1)C(C)(C)c1cc(N(c3ccc(-c4ccccc4)cc3)c3ccc(-c4ccc(-c5ccc6oc7ccc([2H])cc7c6c5)cc4)cc3)ccc1-2. The van der Waals surface area contributed by atoms with Crippen molar-refractivity contribution in [2.75, 3.05) is 4.90 Å². The molecule has 2 nitrogen and oxygen atoms in total. The Morgan fingerprint density at radius 2 is 0.943 bits per heavy atom. The number of anilines is 3. The van der Waals surface area contributed by atoms with Crippen LogP contribution < -0.4 is 4.90 Å². The molecule has 0 radical (unpaired) electrons. The number of rotatable bonds is 6. The Morgan fingerprint density at radius 1 is 0.415 bits per heavy atom. The molecule has 1 heterocycles. The van der Waals surface area contributed by atoms with Gasteiger partial charge in [-0.25, -0.2) is 0 Å². The van der Waals surface area contributed by atoms with E-state index in [4.69, 9.17) is 7.16 Å². The summed E-state index contributed by atoms with van der Waals surface area (Å²) in [6, 6.07) is 62.6. The Bertz CT molecular complexity index is 2890. The molecule has 1 aliphatic carbocycles. The number of fused-ring (bicyclic) bond motifs is 6. The van der Waals surface area contributed by atoms with E-state index in [1.807, 2.05) is 30.3 Å². The lowest BCUT2D eigenvalue weighted by molar-refractivity contribution is 0.660. The Balaban J connectivity index is 0.997. The van der Waals surface area contributed by atoms with Gasteiger partial charge in [0.1, 0.15) is 11.2 Å². The maximum atomic E-state index is 8.33. The molecule has 0 amide bonds. The molecule has 0 unspecified atom stereocenters. The summed E-state index contributed by atoms with van der Waals surface area (Å²) in [5.74, 6) is 0. The van der Waals surface area contributed by atoms with E-state index >= 15 is 0 Å². The molecular weight excluding hydrogens is 643 g/mol. The number of hydrogen-bond donors (Lipinski definition) is 0. The quantitative estimate of drug-likeness (QED) is 0.174. The molecular formula is C51H37NO. The smallest absolute Gasteiger partial charge is 0.135 e. The van der Waals surface area contributed by atoms with Gasteiger partial charge < -0.3 is 9.32 Å². The molecule has 0 saturated carbocycles. The van der Waals surface area contributed by atoms with Crippen molar-refractivity contribution in [1.29, 1.82) is 0 Å². The summed E-state index contributed by atoms with van der Waals surface area (Å²) in [6.45, 7) is 4.54. The molecule has 0 N–H and O–H groups in total. The van der Waals surface area contributed by atoms with Gasteiger partial charge in [0.05, 0.1) is 2.74 Å². The number of benzene rings is 8. The summed E-state index contributed by atoms with van der Waals surface area (Å²) in [6.07, 6.45) is 0. The van der Waals surface area contributed by atoms with E-state index in [1.54, 1.807) is 6.07 Å². The summed E-state index contributed by atoms with van der Waals surface area (Å²) >= 11 is 0. The second-order valence-corrected chi connectivity index (χ2v) is 14.4. The van der Waals surface area contributed by atoms with Crippen molar-refractivity contribution in [3.05, 3.63) is 199 Å². The topological polar surface area (TPSA) is 16.4 Å². The fourth-order valence-corrected chi connectivity index (χ4v) is 8.13. The summed E-state index contributed by atoms with van der Waals surface area (Å²) < 4.78 is 22.5. The van der Waals surface area contributed by atoms with Crippen molar-refractivity contribution in [3.8, 4) is 44.5 Å². The number of para-hydroxylation sites is 1. The first kappa shape index (κ1) is 29.0. The van der Waals surface area contributed by atoms with Crippen LogP contribution in [0.2, 0.25) is 0 Å². The second kappa shape index (κ2) is 12.3. The van der Waals surface area contributed by atoms with Crippen LogP contribution in [0.4, 0.5) is 17.1 Å².